The Morgan fingerprint density at radius 1 is 1.17 bits per heavy atom. The SMILES string of the molecule is CCCCCNC(=O)CCN(C(C)=O)c1ccc(OC(C)C)cc1. The third kappa shape index (κ3) is 7.49. The summed E-state index contributed by atoms with van der Waals surface area (Å²) in [7, 11) is 0. The van der Waals surface area contributed by atoms with E-state index >= 15 is 0 Å². The maximum atomic E-state index is 11.9. The molecule has 0 saturated heterocycles. The zero-order valence-electron chi connectivity index (χ0n) is 15.3. The molecule has 0 radical (unpaired) electrons. The molecule has 0 heterocycles. The van der Waals surface area contributed by atoms with E-state index in [-0.39, 0.29) is 17.9 Å². The molecule has 0 aliphatic carbocycles. The first-order valence-electron chi connectivity index (χ1n) is 8.75. The van der Waals surface area contributed by atoms with Crippen molar-refractivity contribution in [2.45, 2.75) is 59.5 Å². The Morgan fingerprint density at radius 2 is 1.83 bits per heavy atom. The van der Waals surface area contributed by atoms with Crippen LogP contribution in [0.25, 0.3) is 0 Å². The van der Waals surface area contributed by atoms with Crippen molar-refractivity contribution in [1.82, 2.24) is 5.32 Å². The normalized spacial score (nSPS) is 10.5. The minimum absolute atomic E-state index is 0.0166. The lowest BCUT2D eigenvalue weighted by Gasteiger charge is -2.21. The molecule has 0 atom stereocenters. The number of amides is 2. The third-order valence-electron chi connectivity index (χ3n) is 3.57. The van der Waals surface area contributed by atoms with Crippen LogP contribution in [-0.2, 0) is 9.59 Å². The maximum Gasteiger partial charge on any atom is 0.223 e. The van der Waals surface area contributed by atoms with Crippen LogP contribution in [-0.4, -0.2) is 31.0 Å². The molecule has 5 nitrogen and oxygen atoms in total. The molecule has 5 heteroatoms. The first kappa shape index (κ1) is 20.0. The smallest absolute Gasteiger partial charge is 0.223 e. The average molecular weight is 334 g/mol. The lowest BCUT2D eigenvalue weighted by atomic mass is 10.2. The van der Waals surface area contributed by atoms with E-state index in [4.69, 9.17) is 4.74 Å². The topological polar surface area (TPSA) is 58.6 Å². The lowest BCUT2D eigenvalue weighted by Crippen LogP contribution is -2.34. The lowest BCUT2D eigenvalue weighted by molar-refractivity contribution is -0.121. The predicted molar refractivity (Wildman–Crippen MR) is 97.4 cm³/mol. The molecule has 0 aliphatic heterocycles. The summed E-state index contributed by atoms with van der Waals surface area (Å²) in [6, 6.07) is 7.38. The van der Waals surface area contributed by atoms with Gasteiger partial charge >= 0.3 is 0 Å². The molecule has 0 aromatic heterocycles. The minimum atomic E-state index is -0.0775. The van der Waals surface area contributed by atoms with Gasteiger partial charge < -0.3 is 15.0 Å². The van der Waals surface area contributed by atoms with E-state index < -0.39 is 0 Å². The fraction of sp³-hybridized carbons (Fsp3) is 0.579. The van der Waals surface area contributed by atoms with Crippen LogP contribution in [0, 0.1) is 0 Å². The molecule has 0 bridgehead atoms. The number of benzene rings is 1. The molecule has 0 unspecified atom stereocenters. The van der Waals surface area contributed by atoms with Crippen molar-refractivity contribution in [2.24, 2.45) is 0 Å². The van der Waals surface area contributed by atoms with Gasteiger partial charge in [-0.25, -0.2) is 0 Å². The number of rotatable bonds is 10. The molecular formula is C19H30N2O3. The highest BCUT2D eigenvalue weighted by Crippen LogP contribution is 2.20. The quantitative estimate of drug-likeness (QED) is 0.666. The number of hydrogen-bond acceptors (Lipinski definition) is 3. The van der Waals surface area contributed by atoms with Gasteiger partial charge in [-0.1, -0.05) is 19.8 Å². The summed E-state index contributed by atoms with van der Waals surface area (Å²) in [6.07, 6.45) is 3.65. The molecule has 1 aromatic carbocycles. The Labute approximate surface area is 145 Å². The fourth-order valence-electron chi connectivity index (χ4n) is 2.35. The molecule has 2 amide bonds. The summed E-state index contributed by atoms with van der Waals surface area (Å²) in [5, 5.41) is 2.90. The van der Waals surface area contributed by atoms with E-state index in [0.717, 1.165) is 30.7 Å². The van der Waals surface area contributed by atoms with Crippen molar-refractivity contribution in [2.75, 3.05) is 18.0 Å². The number of ether oxygens (including phenoxy) is 1. The first-order valence-corrected chi connectivity index (χ1v) is 8.75. The Hall–Kier alpha value is -2.04. The van der Waals surface area contributed by atoms with Crippen molar-refractivity contribution < 1.29 is 14.3 Å². The predicted octanol–water partition coefficient (Wildman–Crippen LogP) is 3.52. The Morgan fingerprint density at radius 3 is 2.38 bits per heavy atom. The van der Waals surface area contributed by atoms with Gasteiger partial charge in [0.05, 0.1) is 6.10 Å². The summed E-state index contributed by atoms with van der Waals surface area (Å²) in [5.74, 6) is 0.675. The number of nitrogens with one attached hydrogen (secondary N) is 1. The molecule has 1 N–H and O–H groups in total. The Balaban J connectivity index is 2.54. The van der Waals surface area contributed by atoms with Crippen LogP contribution in [0.1, 0.15) is 53.4 Å². The van der Waals surface area contributed by atoms with Crippen LogP contribution in [0.15, 0.2) is 24.3 Å². The second-order valence-corrected chi connectivity index (χ2v) is 6.14. The standard InChI is InChI=1S/C19H30N2O3/c1-5-6-7-13-20-19(23)12-14-21(16(4)22)17-8-10-18(11-9-17)24-15(2)3/h8-11,15H,5-7,12-14H2,1-4H3,(H,20,23). The van der Waals surface area contributed by atoms with Gasteiger partial charge in [-0.05, 0) is 44.5 Å². The van der Waals surface area contributed by atoms with E-state index in [9.17, 15) is 9.59 Å². The van der Waals surface area contributed by atoms with Crippen LogP contribution in [0.4, 0.5) is 5.69 Å². The summed E-state index contributed by atoms with van der Waals surface area (Å²) in [4.78, 5) is 25.4. The van der Waals surface area contributed by atoms with E-state index in [0.29, 0.717) is 19.5 Å². The molecule has 1 rings (SSSR count). The van der Waals surface area contributed by atoms with Crippen LogP contribution in [0.2, 0.25) is 0 Å². The maximum absolute atomic E-state index is 11.9. The molecule has 0 saturated carbocycles. The van der Waals surface area contributed by atoms with Crippen molar-refractivity contribution in [1.29, 1.82) is 0 Å². The Kier molecular flexibility index (Phi) is 8.90. The van der Waals surface area contributed by atoms with Crippen molar-refractivity contribution >= 4 is 17.5 Å². The number of carbonyl (C=O) groups excluding carboxylic acids is 2. The highest BCUT2D eigenvalue weighted by Gasteiger charge is 2.13. The third-order valence-corrected chi connectivity index (χ3v) is 3.57. The van der Waals surface area contributed by atoms with Crippen LogP contribution >= 0.6 is 0 Å². The highest BCUT2D eigenvalue weighted by atomic mass is 16.5. The highest BCUT2D eigenvalue weighted by molar-refractivity contribution is 5.92. The molecule has 0 fully saturated rings. The van der Waals surface area contributed by atoms with Gasteiger partial charge in [0, 0.05) is 32.1 Å². The van der Waals surface area contributed by atoms with Gasteiger partial charge in [0.15, 0.2) is 0 Å². The second-order valence-electron chi connectivity index (χ2n) is 6.14. The average Bonchev–Trinajstić information content (AvgIpc) is 2.52. The largest absolute Gasteiger partial charge is 0.491 e. The molecule has 1 aromatic rings. The van der Waals surface area contributed by atoms with E-state index in [1.807, 2.05) is 38.1 Å². The summed E-state index contributed by atoms with van der Waals surface area (Å²) in [6.45, 7) is 8.65. The fourth-order valence-corrected chi connectivity index (χ4v) is 2.35. The molecule has 0 spiro atoms. The molecule has 134 valence electrons. The first-order chi connectivity index (χ1) is 11.4. The van der Waals surface area contributed by atoms with Crippen molar-refractivity contribution in [3.8, 4) is 5.75 Å². The number of hydrogen-bond donors (Lipinski definition) is 1. The minimum Gasteiger partial charge on any atom is -0.491 e. The number of unbranched alkanes of at least 4 members (excludes halogenated alkanes) is 2. The monoisotopic (exact) mass is 334 g/mol. The molecule has 0 aliphatic rings. The molecular weight excluding hydrogens is 304 g/mol. The van der Waals surface area contributed by atoms with Gasteiger partial charge in [-0.3, -0.25) is 9.59 Å². The molecule has 24 heavy (non-hydrogen) atoms. The van der Waals surface area contributed by atoms with Crippen molar-refractivity contribution in [3.63, 3.8) is 0 Å². The van der Waals surface area contributed by atoms with Gasteiger partial charge in [-0.2, -0.15) is 0 Å². The number of anilines is 1. The van der Waals surface area contributed by atoms with Gasteiger partial charge in [-0.15, -0.1) is 0 Å². The van der Waals surface area contributed by atoms with Crippen LogP contribution < -0.4 is 15.0 Å². The number of carbonyl (C=O) groups is 2. The zero-order valence-corrected chi connectivity index (χ0v) is 15.3. The second kappa shape index (κ2) is 10.7. The zero-order chi connectivity index (χ0) is 17.9. The van der Waals surface area contributed by atoms with Crippen LogP contribution in [0.5, 0.6) is 5.75 Å². The van der Waals surface area contributed by atoms with Crippen molar-refractivity contribution in [3.05, 3.63) is 24.3 Å². The summed E-state index contributed by atoms with van der Waals surface area (Å²) >= 11 is 0. The van der Waals surface area contributed by atoms with E-state index in [1.165, 1.54) is 6.92 Å². The van der Waals surface area contributed by atoms with Crippen LogP contribution in [0.3, 0.4) is 0 Å². The van der Waals surface area contributed by atoms with Gasteiger partial charge in [0.1, 0.15) is 5.75 Å². The van der Waals surface area contributed by atoms with E-state index in [1.54, 1.807) is 4.90 Å². The van der Waals surface area contributed by atoms with E-state index in [2.05, 4.69) is 12.2 Å². The number of nitrogens with zero attached hydrogens (tertiary/aromatic N) is 1. The summed E-state index contributed by atoms with van der Waals surface area (Å²) < 4.78 is 5.60. The summed E-state index contributed by atoms with van der Waals surface area (Å²) in [5.41, 5.74) is 0.775. The van der Waals surface area contributed by atoms with Gasteiger partial charge in [0.25, 0.3) is 0 Å². The van der Waals surface area contributed by atoms with Gasteiger partial charge in [0.2, 0.25) is 11.8 Å². The Bertz CT molecular complexity index is 512.